The number of thioether (sulfide) groups is 1. The maximum Gasteiger partial charge on any atom is 0.147 e. The van der Waals surface area contributed by atoms with Gasteiger partial charge in [0.25, 0.3) is 0 Å². The molecule has 0 aromatic heterocycles. The van der Waals surface area contributed by atoms with Crippen molar-refractivity contribution in [3.63, 3.8) is 0 Å². The highest BCUT2D eigenvalue weighted by Gasteiger charge is 2.16. The van der Waals surface area contributed by atoms with Gasteiger partial charge in [-0.3, -0.25) is 4.79 Å². The van der Waals surface area contributed by atoms with E-state index in [0.29, 0.717) is 0 Å². The molecule has 2 rings (SSSR count). The van der Waals surface area contributed by atoms with Gasteiger partial charge in [-0.25, -0.2) is 0 Å². The average molecular weight is 259 g/mol. The summed E-state index contributed by atoms with van der Waals surface area (Å²) in [7, 11) is 4.07. The molecule has 0 radical (unpaired) electrons. The van der Waals surface area contributed by atoms with Gasteiger partial charge in [0, 0.05) is 35.5 Å². The number of anilines is 1. The van der Waals surface area contributed by atoms with Gasteiger partial charge in [0.1, 0.15) is 6.29 Å². The van der Waals surface area contributed by atoms with Crippen LogP contribution in [0.4, 0.5) is 5.69 Å². The monoisotopic (exact) mass is 259 g/mol. The molecule has 1 aliphatic heterocycles. The Morgan fingerprint density at radius 2 is 1.83 bits per heavy atom. The van der Waals surface area contributed by atoms with E-state index in [0.717, 1.165) is 11.9 Å². The number of aldehydes is 1. The summed E-state index contributed by atoms with van der Waals surface area (Å²) in [6.07, 6.45) is 4.89. The molecule has 1 atom stereocenters. The van der Waals surface area contributed by atoms with E-state index in [1.165, 1.54) is 16.2 Å². The molecule has 2 nitrogen and oxygen atoms in total. The van der Waals surface area contributed by atoms with Gasteiger partial charge in [-0.1, -0.05) is 18.2 Å². The molecule has 1 aromatic rings. The van der Waals surface area contributed by atoms with Crippen LogP contribution in [0.15, 0.2) is 42.0 Å². The summed E-state index contributed by atoms with van der Waals surface area (Å²) >= 11 is 1.73. The number of nitrogens with zero attached hydrogens (tertiary/aromatic N) is 1. The van der Waals surface area contributed by atoms with Crippen LogP contribution in [0.5, 0.6) is 0 Å². The first-order valence-electron chi connectivity index (χ1n) is 5.93. The molecule has 0 aliphatic carbocycles. The van der Waals surface area contributed by atoms with E-state index in [2.05, 4.69) is 36.1 Å². The Labute approximate surface area is 112 Å². The van der Waals surface area contributed by atoms with Gasteiger partial charge in [0.15, 0.2) is 0 Å². The number of carbonyl (C=O) groups excluding carboxylic acids is 1. The van der Waals surface area contributed by atoms with Crippen LogP contribution in [0, 0.1) is 0 Å². The van der Waals surface area contributed by atoms with Crippen LogP contribution in [0.25, 0.3) is 4.91 Å². The van der Waals surface area contributed by atoms with Crippen molar-refractivity contribution in [2.24, 2.45) is 0 Å². The quantitative estimate of drug-likeness (QED) is 0.776. The second-order valence-electron chi connectivity index (χ2n) is 4.52. The minimum absolute atomic E-state index is 0.232. The zero-order valence-electron chi connectivity index (χ0n) is 10.9. The fourth-order valence-corrected chi connectivity index (χ4v) is 2.90. The zero-order chi connectivity index (χ0) is 13.1. The number of rotatable bonds is 3. The first-order valence-corrected chi connectivity index (χ1v) is 6.81. The van der Waals surface area contributed by atoms with E-state index in [9.17, 15) is 4.79 Å². The van der Waals surface area contributed by atoms with Gasteiger partial charge >= 0.3 is 0 Å². The topological polar surface area (TPSA) is 20.3 Å². The largest absolute Gasteiger partial charge is 0.378 e. The molecule has 0 fully saturated rings. The molecule has 0 saturated heterocycles. The van der Waals surface area contributed by atoms with Gasteiger partial charge in [0.2, 0.25) is 0 Å². The lowest BCUT2D eigenvalue weighted by Gasteiger charge is -2.19. The van der Waals surface area contributed by atoms with Crippen molar-refractivity contribution in [2.45, 2.75) is 12.2 Å². The third-order valence-electron chi connectivity index (χ3n) is 3.00. The molecule has 0 saturated carbocycles. The molecule has 1 unspecified atom stereocenters. The summed E-state index contributed by atoms with van der Waals surface area (Å²) in [6, 6.07) is 8.47. The Hall–Kier alpha value is -1.48. The van der Waals surface area contributed by atoms with Crippen molar-refractivity contribution in [1.29, 1.82) is 0 Å². The Kier molecular flexibility index (Phi) is 3.92. The first-order chi connectivity index (χ1) is 8.61. The number of hydrogen-bond donors (Lipinski definition) is 0. The van der Waals surface area contributed by atoms with Crippen LogP contribution in [0.2, 0.25) is 0 Å². The van der Waals surface area contributed by atoms with Crippen LogP contribution >= 0.6 is 11.8 Å². The van der Waals surface area contributed by atoms with Gasteiger partial charge in [0.05, 0.1) is 0 Å². The van der Waals surface area contributed by atoms with Crippen LogP contribution in [-0.2, 0) is 4.79 Å². The molecule has 0 spiro atoms. The Morgan fingerprint density at radius 3 is 2.33 bits per heavy atom. The lowest BCUT2D eigenvalue weighted by Crippen LogP contribution is -2.08. The minimum atomic E-state index is 0.232. The third-order valence-corrected chi connectivity index (χ3v) is 4.26. The van der Waals surface area contributed by atoms with Gasteiger partial charge in [-0.05, 0) is 30.7 Å². The Morgan fingerprint density at radius 1 is 1.17 bits per heavy atom. The molecule has 0 amide bonds. The van der Waals surface area contributed by atoms with Crippen molar-refractivity contribution in [1.82, 2.24) is 0 Å². The van der Waals surface area contributed by atoms with E-state index in [-0.39, 0.29) is 5.25 Å². The molecule has 94 valence electrons. The highest BCUT2D eigenvalue weighted by atomic mass is 32.2. The van der Waals surface area contributed by atoms with Gasteiger partial charge in [-0.2, -0.15) is 0 Å². The number of carbonyl (C=O) groups is 1. The molecular formula is C15H17NOS. The smallest absolute Gasteiger partial charge is 0.147 e. The van der Waals surface area contributed by atoms with Gasteiger partial charge < -0.3 is 4.90 Å². The highest BCUT2D eigenvalue weighted by Crippen LogP contribution is 2.37. The Balaban J connectivity index is 2.25. The predicted molar refractivity (Wildman–Crippen MR) is 79.9 cm³/mol. The molecule has 1 heterocycles. The average Bonchev–Trinajstić information content (AvgIpc) is 2.38. The molecule has 1 aliphatic rings. The van der Waals surface area contributed by atoms with E-state index in [4.69, 9.17) is 0 Å². The highest BCUT2D eigenvalue weighted by molar-refractivity contribution is 8.09. The number of allylic oxidation sites excluding steroid dienone is 2. The van der Waals surface area contributed by atoms with Crippen molar-refractivity contribution in [2.75, 3.05) is 19.0 Å². The van der Waals surface area contributed by atoms with E-state index in [1.807, 2.05) is 26.2 Å². The van der Waals surface area contributed by atoms with E-state index < -0.39 is 0 Å². The molecular weight excluding hydrogens is 242 g/mol. The molecule has 0 N–H and O–H groups in total. The van der Waals surface area contributed by atoms with Crippen molar-refractivity contribution < 1.29 is 4.79 Å². The lowest BCUT2D eigenvalue weighted by molar-refractivity contribution is -0.104. The summed E-state index contributed by atoms with van der Waals surface area (Å²) < 4.78 is 0. The lowest BCUT2D eigenvalue weighted by atomic mass is 10.1. The van der Waals surface area contributed by atoms with Crippen LogP contribution in [0.1, 0.15) is 12.5 Å². The molecule has 0 bridgehead atoms. The summed E-state index contributed by atoms with van der Waals surface area (Å²) in [5.74, 6) is 0. The normalized spacial score (nSPS) is 18.9. The van der Waals surface area contributed by atoms with Crippen molar-refractivity contribution in [3.8, 4) is 0 Å². The third kappa shape index (κ3) is 2.67. The SMILES string of the molecule is CC1SC(c2ccc(N(C)C)cc2)=CC=C1C=O. The fraction of sp³-hybridized carbons (Fsp3) is 0.267. The minimum Gasteiger partial charge on any atom is -0.378 e. The predicted octanol–water partition coefficient (Wildman–Crippen LogP) is 3.35. The summed E-state index contributed by atoms with van der Waals surface area (Å²) in [6.45, 7) is 2.06. The molecule has 18 heavy (non-hydrogen) atoms. The zero-order valence-corrected chi connectivity index (χ0v) is 11.7. The van der Waals surface area contributed by atoms with Crippen molar-refractivity contribution >= 4 is 28.6 Å². The fourth-order valence-electron chi connectivity index (χ4n) is 1.83. The first kappa shape index (κ1) is 13.0. The van der Waals surface area contributed by atoms with Gasteiger partial charge in [-0.15, -0.1) is 11.8 Å². The maximum absolute atomic E-state index is 10.8. The van der Waals surface area contributed by atoms with Crippen LogP contribution in [-0.4, -0.2) is 25.6 Å². The number of benzene rings is 1. The molecule has 1 aromatic carbocycles. The van der Waals surface area contributed by atoms with Crippen molar-refractivity contribution in [3.05, 3.63) is 47.6 Å². The van der Waals surface area contributed by atoms with E-state index >= 15 is 0 Å². The summed E-state index contributed by atoms with van der Waals surface area (Å²) in [5, 5.41) is 0.232. The number of hydrogen-bond acceptors (Lipinski definition) is 3. The Bertz CT molecular complexity index is 500. The molecule has 3 heteroatoms. The summed E-state index contributed by atoms with van der Waals surface area (Å²) in [5.41, 5.74) is 3.25. The summed E-state index contributed by atoms with van der Waals surface area (Å²) in [4.78, 5) is 14.1. The van der Waals surface area contributed by atoms with E-state index in [1.54, 1.807) is 11.8 Å². The van der Waals surface area contributed by atoms with Crippen LogP contribution in [0.3, 0.4) is 0 Å². The second-order valence-corrected chi connectivity index (χ2v) is 5.90. The van der Waals surface area contributed by atoms with Crippen LogP contribution < -0.4 is 4.90 Å². The standard InChI is InChI=1S/C15H17NOS/c1-11-13(10-17)6-9-15(18-11)12-4-7-14(8-5-12)16(2)3/h4-11H,1-3H3. The maximum atomic E-state index is 10.8. The second kappa shape index (κ2) is 5.44.